The number of aromatic nitrogens is 2. The van der Waals surface area contributed by atoms with Gasteiger partial charge in [0.1, 0.15) is 0 Å². The van der Waals surface area contributed by atoms with E-state index in [1.807, 2.05) is 4.90 Å². The van der Waals surface area contributed by atoms with Crippen LogP contribution in [0.2, 0.25) is 0 Å². The first-order valence-electron chi connectivity index (χ1n) is 5.61. The largest absolute Gasteiger partial charge is 0.419 e. The van der Waals surface area contributed by atoms with E-state index in [0.29, 0.717) is 31.9 Å². The lowest BCUT2D eigenvalue weighted by Gasteiger charge is -2.26. The van der Waals surface area contributed by atoms with Crippen molar-refractivity contribution in [2.24, 2.45) is 0 Å². The molecule has 1 aromatic heterocycles. The van der Waals surface area contributed by atoms with Gasteiger partial charge >= 0.3 is 6.18 Å². The highest BCUT2D eigenvalue weighted by Gasteiger charge is 2.31. The molecule has 16 heavy (non-hydrogen) atoms. The van der Waals surface area contributed by atoms with Gasteiger partial charge in [0, 0.05) is 26.9 Å². The van der Waals surface area contributed by atoms with Gasteiger partial charge in [-0.25, -0.2) is 9.97 Å². The van der Waals surface area contributed by atoms with E-state index in [2.05, 4.69) is 9.97 Å². The number of hydrogen-bond acceptors (Lipinski definition) is 3. The number of anilines is 1. The van der Waals surface area contributed by atoms with Crippen LogP contribution in [-0.4, -0.2) is 23.1 Å². The van der Waals surface area contributed by atoms with Crippen LogP contribution in [0.25, 0.3) is 0 Å². The van der Waals surface area contributed by atoms with Crippen molar-refractivity contribution in [2.45, 2.75) is 25.4 Å². The second kappa shape index (κ2) is 4.27. The first-order chi connectivity index (χ1) is 7.97. The predicted octanol–water partition coefficient (Wildman–Crippen LogP) is 2.49. The van der Waals surface area contributed by atoms with Gasteiger partial charge < -0.3 is 4.90 Å². The Bertz CT molecular complexity index is 371. The summed E-state index contributed by atoms with van der Waals surface area (Å²) in [5.74, 6) is 0.310. The molecule has 6 heteroatoms. The lowest BCUT2D eigenvalue weighted by molar-refractivity contribution is -0.138. The average Bonchev–Trinajstić information content (AvgIpc) is 2.29. The number of nitrogens with zero attached hydrogens (tertiary/aromatic N) is 3. The van der Waals surface area contributed by atoms with E-state index in [1.165, 1.54) is 0 Å². The number of piperidine rings is 1. The Hall–Kier alpha value is -1.33. The van der Waals surface area contributed by atoms with E-state index in [4.69, 9.17) is 1.37 Å². The summed E-state index contributed by atoms with van der Waals surface area (Å²) in [4.78, 5) is 9.27. The molecule has 2 heterocycles. The summed E-state index contributed by atoms with van der Waals surface area (Å²) in [5, 5.41) is 0. The van der Waals surface area contributed by atoms with Crippen LogP contribution in [0.3, 0.4) is 0 Å². The summed E-state index contributed by atoms with van der Waals surface area (Å²) in [5.41, 5.74) is -0.836. The molecular formula is C10H12F3N3. The summed E-state index contributed by atoms with van der Waals surface area (Å²) in [7, 11) is 0. The number of rotatable bonds is 1. The summed E-state index contributed by atoms with van der Waals surface area (Å²) in [6, 6.07) is 0. The summed E-state index contributed by atoms with van der Waals surface area (Å²) in [6.07, 6.45) is -1.48. The highest BCUT2D eigenvalue weighted by molar-refractivity contribution is 5.30. The molecule has 0 aromatic carbocycles. The fourth-order valence-corrected chi connectivity index (χ4v) is 1.58. The molecule has 0 unspecified atom stereocenters. The fourth-order valence-electron chi connectivity index (χ4n) is 1.58. The summed E-state index contributed by atoms with van der Waals surface area (Å²) < 4.78 is 44.4. The molecule has 2 rings (SSSR count). The zero-order chi connectivity index (χ0) is 12.5. The SMILES string of the molecule is [2H]C1CCN(c2ncc(C(F)(F)F)cn2)CC1. The standard InChI is InChI=1S/C10H12F3N3/c11-10(12,13)8-6-14-9(15-7-8)16-4-2-1-3-5-16/h6-7H,1-5H2/i1D. The molecule has 88 valence electrons. The minimum absolute atomic E-state index is 0.0827. The molecule has 3 nitrogen and oxygen atoms in total. The van der Waals surface area contributed by atoms with Gasteiger partial charge in [-0.05, 0) is 19.2 Å². The monoisotopic (exact) mass is 232 g/mol. The van der Waals surface area contributed by atoms with Crippen molar-refractivity contribution in [2.75, 3.05) is 18.0 Å². The molecule has 1 aromatic rings. The normalized spacial score (nSPS) is 19.7. The van der Waals surface area contributed by atoms with Gasteiger partial charge in [0.2, 0.25) is 5.95 Å². The Morgan fingerprint density at radius 3 is 2.25 bits per heavy atom. The second-order valence-corrected chi connectivity index (χ2v) is 3.62. The van der Waals surface area contributed by atoms with Crippen LogP contribution >= 0.6 is 0 Å². The van der Waals surface area contributed by atoms with Crippen molar-refractivity contribution in [1.82, 2.24) is 9.97 Å². The average molecular weight is 232 g/mol. The molecule has 1 fully saturated rings. The smallest absolute Gasteiger partial charge is 0.341 e. The van der Waals surface area contributed by atoms with Crippen LogP contribution in [-0.2, 0) is 6.18 Å². The van der Waals surface area contributed by atoms with E-state index in [-0.39, 0.29) is 6.40 Å². The van der Waals surface area contributed by atoms with Crippen LogP contribution in [0.4, 0.5) is 19.1 Å². The first kappa shape index (κ1) is 9.86. The Balaban J connectivity index is 2.08. The third-order valence-electron chi connectivity index (χ3n) is 2.45. The highest BCUT2D eigenvalue weighted by Crippen LogP contribution is 2.28. The van der Waals surface area contributed by atoms with Gasteiger partial charge in [0.15, 0.2) is 0 Å². The predicted molar refractivity (Wildman–Crippen MR) is 53.1 cm³/mol. The van der Waals surface area contributed by atoms with Crippen molar-refractivity contribution in [3.05, 3.63) is 18.0 Å². The lowest BCUT2D eigenvalue weighted by atomic mass is 10.1. The third-order valence-corrected chi connectivity index (χ3v) is 2.45. The number of hydrogen-bond donors (Lipinski definition) is 0. The molecule has 1 saturated heterocycles. The summed E-state index contributed by atoms with van der Waals surface area (Å²) in [6.45, 7) is 1.25. The van der Waals surface area contributed by atoms with Crippen molar-refractivity contribution >= 4 is 5.95 Å². The van der Waals surface area contributed by atoms with Crippen molar-refractivity contribution in [3.63, 3.8) is 0 Å². The van der Waals surface area contributed by atoms with Crippen LogP contribution in [0, 0.1) is 0 Å². The van der Waals surface area contributed by atoms with Gasteiger partial charge in [0.25, 0.3) is 0 Å². The van der Waals surface area contributed by atoms with Gasteiger partial charge in [-0.1, -0.05) is 0 Å². The minimum Gasteiger partial charge on any atom is -0.341 e. The van der Waals surface area contributed by atoms with Gasteiger partial charge in [-0.2, -0.15) is 13.2 Å². The quantitative estimate of drug-likeness (QED) is 0.744. The van der Waals surface area contributed by atoms with Crippen molar-refractivity contribution in [1.29, 1.82) is 0 Å². The van der Waals surface area contributed by atoms with Crippen LogP contribution < -0.4 is 4.90 Å². The molecule has 0 radical (unpaired) electrons. The Morgan fingerprint density at radius 2 is 1.75 bits per heavy atom. The first-order valence-corrected chi connectivity index (χ1v) is 5.03. The minimum atomic E-state index is -4.40. The maximum atomic E-state index is 12.3. The van der Waals surface area contributed by atoms with E-state index < -0.39 is 11.7 Å². The molecule has 0 spiro atoms. The molecule has 1 aliphatic heterocycles. The molecule has 0 bridgehead atoms. The Kier molecular flexibility index (Phi) is 2.63. The Labute approximate surface area is 92.7 Å². The molecule has 0 aliphatic carbocycles. The van der Waals surface area contributed by atoms with E-state index in [9.17, 15) is 13.2 Å². The van der Waals surface area contributed by atoms with Gasteiger partial charge in [-0.15, -0.1) is 0 Å². The maximum Gasteiger partial charge on any atom is 0.419 e. The zero-order valence-electron chi connectivity index (χ0n) is 9.54. The fraction of sp³-hybridized carbons (Fsp3) is 0.600. The number of alkyl halides is 3. The highest BCUT2D eigenvalue weighted by atomic mass is 19.4. The van der Waals surface area contributed by atoms with Crippen molar-refractivity contribution in [3.8, 4) is 0 Å². The summed E-state index contributed by atoms with van der Waals surface area (Å²) >= 11 is 0. The zero-order valence-corrected chi connectivity index (χ0v) is 8.54. The van der Waals surface area contributed by atoms with Crippen molar-refractivity contribution < 1.29 is 14.5 Å². The molecule has 0 N–H and O–H groups in total. The third kappa shape index (κ3) is 2.43. The van der Waals surface area contributed by atoms with E-state index >= 15 is 0 Å². The molecule has 0 saturated carbocycles. The topological polar surface area (TPSA) is 29.0 Å². The maximum absolute atomic E-state index is 12.3. The van der Waals surface area contributed by atoms with E-state index in [1.54, 1.807) is 0 Å². The number of halogens is 3. The van der Waals surface area contributed by atoms with Gasteiger partial charge in [0.05, 0.1) is 5.56 Å². The second-order valence-electron chi connectivity index (χ2n) is 3.62. The molecule has 1 aliphatic rings. The molecular weight excluding hydrogens is 219 g/mol. The van der Waals surface area contributed by atoms with Gasteiger partial charge in [-0.3, -0.25) is 0 Å². The van der Waals surface area contributed by atoms with Crippen LogP contribution in [0.5, 0.6) is 0 Å². The lowest BCUT2D eigenvalue weighted by Crippen LogP contribution is -2.31. The molecule has 0 atom stereocenters. The van der Waals surface area contributed by atoms with Crippen LogP contribution in [0.1, 0.15) is 26.2 Å². The molecule has 0 amide bonds. The van der Waals surface area contributed by atoms with E-state index in [0.717, 1.165) is 12.4 Å². The van der Waals surface area contributed by atoms with Crippen LogP contribution in [0.15, 0.2) is 12.4 Å². The Morgan fingerprint density at radius 1 is 1.19 bits per heavy atom.